The van der Waals surface area contributed by atoms with E-state index in [0.717, 1.165) is 22.9 Å². The van der Waals surface area contributed by atoms with Crippen molar-refractivity contribution < 1.29 is 33.8 Å². The number of aliphatic imine (C=N–C) groups is 1. The summed E-state index contributed by atoms with van der Waals surface area (Å²) >= 11 is 7.64. The lowest BCUT2D eigenvalue weighted by Gasteiger charge is -2.28. The summed E-state index contributed by atoms with van der Waals surface area (Å²) in [4.78, 5) is 58.0. The highest BCUT2D eigenvalue weighted by molar-refractivity contribution is 8.14. The van der Waals surface area contributed by atoms with E-state index in [1.54, 1.807) is 56.4 Å². The first-order valence-corrected chi connectivity index (χ1v) is 18.6. The van der Waals surface area contributed by atoms with Crippen molar-refractivity contribution in [2.75, 3.05) is 12.4 Å². The van der Waals surface area contributed by atoms with Gasteiger partial charge in [-0.1, -0.05) is 121 Å². The first kappa shape index (κ1) is 40.0. The second-order valence-corrected chi connectivity index (χ2v) is 13.2. The van der Waals surface area contributed by atoms with E-state index in [2.05, 4.69) is 16.9 Å². The largest absolute Gasteiger partial charge is 0.490 e. The van der Waals surface area contributed by atoms with Crippen molar-refractivity contribution in [3.8, 4) is 11.5 Å². The third-order valence-corrected chi connectivity index (χ3v) is 9.36. The summed E-state index contributed by atoms with van der Waals surface area (Å²) in [6.45, 7) is 7.58. The molecule has 0 aromatic heterocycles. The molecule has 10 nitrogen and oxygen atoms in total. The molecule has 0 bridgehead atoms. The summed E-state index contributed by atoms with van der Waals surface area (Å²) in [5.41, 5.74) is 3.20. The van der Waals surface area contributed by atoms with E-state index in [1.807, 2.05) is 60.7 Å². The number of amidine groups is 1. The van der Waals surface area contributed by atoms with Gasteiger partial charge in [-0.05, 0) is 72.5 Å². The standard InChI is InChI=1S/C43H38ClN3O7S/c1-4-7-18-33(5-2)47-41(50)34(23-29-24-35(44)39(36(25-29)53-6-3)54-26-28-19-21-32(22-20-28)42(51)52)40(49)46-43(47)55-27-37(48)45-38(30-14-10-8-11-15-30)31-16-12-9-13-17-31/h4-5,7-25,38H,1,6,26-27H2,2-3H3,(H,45,48)(H,51,52)/b18-7-,33-5+,34-23+. The molecular formula is C43H38ClN3O7S. The van der Waals surface area contributed by atoms with Crippen LogP contribution < -0.4 is 14.8 Å². The Morgan fingerprint density at radius 2 is 1.64 bits per heavy atom. The molecule has 1 aliphatic rings. The molecule has 0 atom stereocenters. The number of carbonyl (C=O) groups excluding carboxylic acids is 3. The lowest BCUT2D eigenvalue weighted by Crippen LogP contribution is -2.42. The molecule has 4 aromatic carbocycles. The maximum absolute atomic E-state index is 14.2. The Hall–Kier alpha value is -6.17. The van der Waals surface area contributed by atoms with Gasteiger partial charge in [-0.25, -0.2) is 4.79 Å². The smallest absolute Gasteiger partial charge is 0.335 e. The van der Waals surface area contributed by atoms with Gasteiger partial charge in [0.05, 0.1) is 29.0 Å². The monoisotopic (exact) mass is 775 g/mol. The van der Waals surface area contributed by atoms with Crippen LogP contribution in [0.4, 0.5) is 0 Å². The van der Waals surface area contributed by atoms with Crippen molar-refractivity contribution in [1.29, 1.82) is 0 Å². The van der Waals surface area contributed by atoms with Crippen molar-refractivity contribution in [3.05, 3.63) is 172 Å². The molecule has 55 heavy (non-hydrogen) atoms. The maximum Gasteiger partial charge on any atom is 0.335 e. The molecule has 280 valence electrons. The lowest BCUT2D eigenvalue weighted by atomic mass is 9.99. The van der Waals surface area contributed by atoms with E-state index in [-0.39, 0.29) is 57.7 Å². The normalized spacial score (nSPS) is 14.0. The van der Waals surface area contributed by atoms with E-state index in [1.165, 1.54) is 29.2 Å². The number of halogens is 1. The summed E-state index contributed by atoms with van der Waals surface area (Å²) in [5.74, 6) is -2.44. The number of hydrogen-bond donors (Lipinski definition) is 2. The number of rotatable bonds is 15. The number of hydrogen-bond acceptors (Lipinski definition) is 7. The van der Waals surface area contributed by atoms with E-state index < -0.39 is 23.8 Å². The number of carboxylic acid groups (broad SMARTS) is 1. The number of amides is 3. The van der Waals surface area contributed by atoms with Crippen molar-refractivity contribution >= 4 is 58.3 Å². The number of benzene rings is 4. The van der Waals surface area contributed by atoms with Gasteiger partial charge in [-0.3, -0.25) is 19.3 Å². The molecule has 1 aliphatic heterocycles. The number of ether oxygens (including phenoxy) is 2. The van der Waals surface area contributed by atoms with E-state index in [9.17, 15) is 24.3 Å². The lowest BCUT2D eigenvalue weighted by molar-refractivity contribution is -0.126. The van der Waals surface area contributed by atoms with Gasteiger partial charge in [0.2, 0.25) is 5.91 Å². The number of allylic oxidation sites excluding steroid dienone is 4. The zero-order chi connectivity index (χ0) is 39.3. The Balaban J connectivity index is 1.41. The fourth-order valence-corrected chi connectivity index (χ4v) is 6.62. The van der Waals surface area contributed by atoms with Crippen molar-refractivity contribution in [2.24, 2.45) is 4.99 Å². The Morgan fingerprint density at radius 3 is 2.22 bits per heavy atom. The summed E-state index contributed by atoms with van der Waals surface area (Å²) in [7, 11) is 0. The molecule has 0 saturated heterocycles. The average Bonchev–Trinajstić information content (AvgIpc) is 3.19. The summed E-state index contributed by atoms with van der Waals surface area (Å²) in [5, 5.41) is 12.5. The highest BCUT2D eigenvalue weighted by Crippen LogP contribution is 2.38. The van der Waals surface area contributed by atoms with Gasteiger partial charge in [0.1, 0.15) is 12.2 Å². The fourth-order valence-electron chi connectivity index (χ4n) is 5.53. The van der Waals surface area contributed by atoms with Crippen LogP contribution in [-0.4, -0.2) is 51.2 Å². The number of aromatic carboxylic acids is 1. The summed E-state index contributed by atoms with van der Waals surface area (Å²) < 4.78 is 11.8. The van der Waals surface area contributed by atoms with Crippen LogP contribution in [0.15, 0.2) is 144 Å². The molecule has 3 amide bonds. The molecule has 0 unspecified atom stereocenters. The van der Waals surface area contributed by atoms with Gasteiger partial charge >= 0.3 is 5.97 Å². The number of nitrogens with zero attached hydrogens (tertiary/aromatic N) is 2. The molecule has 12 heteroatoms. The Bertz CT molecular complexity index is 2140. The molecule has 0 radical (unpaired) electrons. The first-order valence-electron chi connectivity index (χ1n) is 17.2. The van der Waals surface area contributed by atoms with Crippen LogP contribution in [0.3, 0.4) is 0 Å². The molecule has 5 rings (SSSR count). The number of carboxylic acids is 1. The fraction of sp³-hybridized carbons (Fsp3) is 0.140. The third kappa shape index (κ3) is 10.3. The molecule has 2 N–H and O–H groups in total. The highest BCUT2D eigenvalue weighted by Gasteiger charge is 2.35. The zero-order valence-electron chi connectivity index (χ0n) is 30.1. The highest BCUT2D eigenvalue weighted by atomic mass is 35.5. The van der Waals surface area contributed by atoms with Crippen LogP contribution in [0.25, 0.3) is 6.08 Å². The Kier molecular flexibility index (Phi) is 14.0. The van der Waals surface area contributed by atoms with Gasteiger partial charge < -0.3 is 19.9 Å². The van der Waals surface area contributed by atoms with Crippen LogP contribution in [0.2, 0.25) is 5.02 Å². The van der Waals surface area contributed by atoms with Crippen LogP contribution in [-0.2, 0) is 21.0 Å². The Morgan fingerprint density at radius 1 is 0.982 bits per heavy atom. The van der Waals surface area contributed by atoms with Gasteiger partial charge in [-0.2, -0.15) is 4.99 Å². The van der Waals surface area contributed by atoms with Crippen molar-refractivity contribution in [1.82, 2.24) is 10.2 Å². The zero-order valence-corrected chi connectivity index (χ0v) is 31.7. The second-order valence-electron chi connectivity index (χ2n) is 11.9. The molecule has 0 aliphatic carbocycles. The van der Waals surface area contributed by atoms with E-state index >= 15 is 0 Å². The maximum atomic E-state index is 14.2. The van der Waals surface area contributed by atoms with Crippen LogP contribution in [0.5, 0.6) is 11.5 Å². The predicted octanol–water partition coefficient (Wildman–Crippen LogP) is 8.41. The molecular weight excluding hydrogens is 738 g/mol. The van der Waals surface area contributed by atoms with Crippen LogP contribution in [0.1, 0.15) is 52.5 Å². The van der Waals surface area contributed by atoms with Gasteiger partial charge in [0.25, 0.3) is 11.8 Å². The first-order chi connectivity index (χ1) is 26.6. The van der Waals surface area contributed by atoms with Crippen LogP contribution in [0, 0.1) is 0 Å². The molecule has 4 aromatic rings. The van der Waals surface area contributed by atoms with Gasteiger partial charge in [0, 0.05) is 5.70 Å². The molecule has 0 fully saturated rings. The minimum atomic E-state index is -1.04. The minimum absolute atomic E-state index is 0.0354. The summed E-state index contributed by atoms with van der Waals surface area (Å²) in [6, 6.07) is 28.1. The topological polar surface area (TPSA) is 135 Å². The minimum Gasteiger partial charge on any atom is -0.490 e. The van der Waals surface area contributed by atoms with Crippen LogP contribution >= 0.6 is 23.4 Å². The van der Waals surface area contributed by atoms with Crippen molar-refractivity contribution in [3.63, 3.8) is 0 Å². The average molecular weight is 776 g/mol. The van der Waals surface area contributed by atoms with Crippen molar-refractivity contribution in [2.45, 2.75) is 26.5 Å². The number of thioether (sulfide) groups is 1. The van der Waals surface area contributed by atoms with E-state index in [0.29, 0.717) is 16.8 Å². The molecule has 0 spiro atoms. The molecule has 0 saturated carbocycles. The van der Waals surface area contributed by atoms with Gasteiger partial charge in [-0.15, -0.1) is 0 Å². The SMILES string of the molecule is C=C/C=C\C(=C/C)N1C(=O)/C(=C/c2cc(Cl)c(OCc3ccc(C(=O)O)cc3)c(OCC)c2)C(=O)N=C1SCC(=O)NC(c1ccccc1)c1ccccc1. The third-order valence-electron chi connectivity index (χ3n) is 8.14. The summed E-state index contributed by atoms with van der Waals surface area (Å²) in [6.07, 6.45) is 7.92. The second kappa shape index (κ2) is 19.2. The number of carbonyl (C=O) groups is 4. The van der Waals surface area contributed by atoms with E-state index in [4.69, 9.17) is 21.1 Å². The molecule has 1 heterocycles. The Labute approximate surface area is 328 Å². The number of nitrogens with one attached hydrogen (secondary N) is 1. The van der Waals surface area contributed by atoms with Gasteiger partial charge in [0.15, 0.2) is 16.7 Å². The predicted molar refractivity (Wildman–Crippen MR) is 216 cm³/mol. The quantitative estimate of drug-likeness (QED) is 0.0699.